The third kappa shape index (κ3) is 4.60. The number of hydrogen-bond acceptors (Lipinski definition) is 4. The molecule has 166 valence electrons. The Morgan fingerprint density at radius 3 is 2.44 bits per heavy atom. The van der Waals surface area contributed by atoms with E-state index in [0.717, 1.165) is 29.6 Å². The van der Waals surface area contributed by atoms with Crippen LogP contribution >= 0.6 is 11.8 Å². The molecule has 2 heterocycles. The van der Waals surface area contributed by atoms with Crippen LogP contribution in [-0.2, 0) is 11.2 Å². The first-order chi connectivity index (χ1) is 15.8. The fourth-order valence-electron chi connectivity index (χ4n) is 5.27. The molecule has 0 bridgehead atoms. The zero-order valence-electron chi connectivity index (χ0n) is 18.4. The Labute approximate surface area is 194 Å². The number of para-hydroxylation sites is 1. The summed E-state index contributed by atoms with van der Waals surface area (Å²) >= 11 is 1.51. The summed E-state index contributed by atoms with van der Waals surface area (Å²) < 4.78 is 2.10. The number of piperidine rings is 1. The Bertz CT molecular complexity index is 1030. The maximum absolute atomic E-state index is 13.2. The van der Waals surface area contributed by atoms with E-state index >= 15 is 0 Å². The molecular weight excluding hydrogens is 416 g/mol. The standard InChI is InChI=1S/C26H30N4OS/c31-25(29-17-9-13-21-12-7-8-16-23(21)29)19-32-26-28-27-24(18-20-10-3-1-4-11-20)30(26)22-14-5-2-6-15-22/h1-6,10-11,14-15,21,23H,7-9,12-13,16-19H2. The van der Waals surface area contributed by atoms with Crippen LogP contribution in [0.2, 0.25) is 0 Å². The van der Waals surface area contributed by atoms with E-state index in [4.69, 9.17) is 0 Å². The molecule has 0 spiro atoms. The highest BCUT2D eigenvalue weighted by Gasteiger charge is 2.35. The van der Waals surface area contributed by atoms with Crippen molar-refractivity contribution in [1.82, 2.24) is 19.7 Å². The monoisotopic (exact) mass is 446 g/mol. The Morgan fingerprint density at radius 1 is 0.906 bits per heavy atom. The third-order valence-electron chi connectivity index (χ3n) is 6.81. The van der Waals surface area contributed by atoms with E-state index in [-0.39, 0.29) is 5.91 Å². The number of rotatable bonds is 6. The Kier molecular flexibility index (Phi) is 6.58. The van der Waals surface area contributed by atoms with Crippen molar-refractivity contribution in [2.75, 3.05) is 12.3 Å². The molecule has 2 fully saturated rings. The van der Waals surface area contributed by atoms with Crippen molar-refractivity contribution in [2.24, 2.45) is 5.92 Å². The van der Waals surface area contributed by atoms with Gasteiger partial charge in [-0.3, -0.25) is 9.36 Å². The summed E-state index contributed by atoms with van der Waals surface area (Å²) in [7, 11) is 0. The smallest absolute Gasteiger partial charge is 0.233 e. The highest BCUT2D eigenvalue weighted by atomic mass is 32.2. The van der Waals surface area contributed by atoms with Gasteiger partial charge in [0, 0.05) is 24.7 Å². The van der Waals surface area contributed by atoms with E-state index in [9.17, 15) is 4.79 Å². The van der Waals surface area contributed by atoms with Gasteiger partial charge in [-0.2, -0.15) is 0 Å². The van der Waals surface area contributed by atoms with Gasteiger partial charge in [0.05, 0.1) is 5.75 Å². The zero-order chi connectivity index (χ0) is 21.8. The minimum absolute atomic E-state index is 0.249. The molecule has 1 saturated carbocycles. The molecule has 5 rings (SSSR count). The topological polar surface area (TPSA) is 51.0 Å². The van der Waals surface area contributed by atoms with E-state index < -0.39 is 0 Å². The van der Waals surface area contributed by atoms with Crippen molar-refractivity contribution in [3.63, 3.8) is 0 Å². The van der Waals surface area contributed by atoms with Gasteiger partial charge in [0.2, 0.25) is 5.91 Å². The second kappa shape index (κ2) is 9.90. The van der Waals surface area contributed by atoms with Gasteiger partial charge in [0.25, 0.3) is 0 Å². The molecule has 1 aromatic heterocycles. The molecule has 1 aliphatic heterocycles. The Morgan fingerprint density at radius 2 is 1.62 bits per heavy atom. The van der Waals surface area contributed by atoms with Crippen molar-refractivity contribution in [3.05, 3.63) is 72.1 Å². The Balaban J connectivity index is 1.35. The van der Waals surface area contributed by atoms with Crippen LogP contribution < -0.4 is 0 Å². The lowest BCUT2D eigenvalue weighted by Gasteiger charge is -2.44. The Hall–Kier alpha value is -2.60. The second-order valence-electron chi connectivity index (χ2n) is 8.86. The highest BCUT2D eigenvalue weighted by molar-refractivity contribution is 7.99. The van der Waals surface area contributed by atoms with Gasteiger partial charge in [0.15, 0.2) is 5.16 Å². The average molecular weight is 447 g/mol. The molecule has 2 aromatic carbocycles. The number of thioether (sulfide) groups is 1. The van der Waals surface area contributed by atoms with Gasteiger partial charge in [-0.1, -0.05) is 73.1 Å². The van der Waals surface area contributed by atoms with Crippen LogP contribution in [0.3, 0.4) is 0 Å². The minimum atomic E-state index is 0.249. The summed E-state index contributed by atoms with van der Waals surface area (Å²) in [5, 5.41) is 9.79. The van der Waals surface area contributed by atoms with Gasteiger partial charge < -0.3 is 4.90 Å². The summed E-state index contributed by atoms with van der Waals surface area (Å²) in [5.41, 5.74) is 2.23. The molecule has 5 nitrogen and oxygen atoms in total. The number of likely N-dealkylation sites (tertiary alicyclic amines) is 1. The van der Waals surface area contributed by atoms with Crippen LogP contribution in [0.1, 0.15) is 49.9 Å². The van der Waals surface area contributed by atoms with Crippen molar-refractivity contribution in [1.29, 1.82) is 0 Å². The molecule has 6 heteroatoms. The fourth-order valence-corrected chi connectivity index (χ4v) is 6.12. The van der Waals surface area contributed by atoms with Gasteiger partial charge in [-0.25, -0.2) is 0 Å². The average Bonchev–Trinajstić information content (AvgIpc) is 3.25. The first-order valence-electron chi connectivity index (χ1n) is 11.8. The molecule has 2 aliphatic rings. The van der Waals surface area contributed by atoms with Crippen molar-refractivity contribution in [3.8, 4) is 5.69 Å². The highest BCUT2D eigenvalue weighted by Crippen LogP contribution is 2.36. The molecule has 0 radical (unpaired) electrons. The molecule has 1 aliphatic carbocycles. The lowest BCUT2D eigenvalue weighted by Crippen LogP contribution is -2.50. The fraction of sp³-hybridized carbons (Fsp3) is 0.423. The van der Waals surface area contributed by atoms with Crippen LogP contribution in [0.15, 0.2) is 65.8 Å². The lowest BCUT2D eigenvalue weighted by molar-refractivity contribution is -0.134. The molecule has 2 atom stereocenters. The summed E-state index contributed by atoms with van der Waals surface area (Å²) in [6.07, 6.45) is 8.15. The van der Waals surface area contributed by atoms with E-state index in [2.05, 4.69) is 43.9 Å². The number of carbonyl (C=O) groups excluding carboxylic acids is 1. The summed E-state index contributed by atoms with van der Waals surface area (Å²) in [4.78, 5) is 15.4. The molecule has 1 saturated heterocycles. The second-order valence-corrected chi connectivity index (χ2v) is 9.80. The lowest BCUT2D eigenvalue weighted by atomic mass is 9.78. The summed E-state index contributed by atoms with van der Waals surface area (Å²) in [6, 6.07) is 21.0. The van der Waals surface area contributed by atoms with Crippen LogP contribution in [-0.4, -0.2) is 43.9 Å². The third-order valence-corrected chi connectivity index (χ3v) is 7.72. The molecule has 3 aromatic rings. The van der Waals surface area contributed by atoms with Crippen LogP contribution in [0, 0.1) is 5.92 Å². The van der Waals surface area contributed by atoms with E-state index in [1.807, 2.05) is 36.4 Å². The largest absolute Gasteiger partial charge is 0.339 e. The summed E-state index contributed by atoms with van der Waals surface area (Å²) in [6.45, 7) is 0.908. The van der Waals surface area contributed by atoms with Gasteiger partial charge in [0.1, 0.15) is 5.82 Å². The zero-order valence-corrected chi connectivity index (χ0v) is 19.2. The first kappa shape index (κ1) is 21.3. The molecule has 32 heavy (non-hydrogen) atoms. The van der Waals surface area contributed by atoms with Crippen LogP contribution in [0.25, 0.3) is 5.69 Å². The van der Waals surface area contributed by atoms with Crippen molar-refractivity contribution in [2.45, 2.75) is 56.1 Å². The first-order valence-corrected chi connectivity index (χ1v) is 12.7. The van der Waals surface area contributed by atoms with Gasteiger partial charge in [-0.15, -0.1) is 10.2 Å². The quantitative estimate of drug-likeness (QED) is 0.493. The van der Waals surface area contributed by atoms with E-state index in [1.54, 1.807) is 0 Å². The number of benzene rings is 2. The van der Waals surface area contributed by atoms with E-state index in [1.165, 1.54) is 49.4 Å². The number of carbonyl (C=O) groups is 1. The number of fused-ring (bicyclic) bond motifs is 1. The van der Waals surface area contributed by atoms with Crippen LogP contribution in [0.5, 0.6) is 0 Å². The number of nitrogens with zero attached hydrogens (tertiary/aromatic N) is 4. The molecule has 1 amide bonds. The maximum atomic E-state index is 13.2. The SMILES string of the molecule is O=C(CSc1nnc(Cc2ccccc2)n1-c1ccccc1)N1CCCC2CCCCC21. The normalized spacial score (nSPS) is 20.7. The number of aromatic nitrogens is 3. The number of hydrogen-bond donors (Lipinski definition) is 0. The molecule has 2 unspecified atom stereocenters. The molecular formula is C26H30N4OS. The van der Waals surface area contributed by atoms with Gasteiger partial charge >= 0.3 is 0 Å². The van der Waals surface area contributed by atoms with E-state index in [0.29, 0.717) is 24.1 Å². The summed E-state index contributed by atoms with van der Waals surface area (Å²) in [5.74, 6) is 2.26. The predicted molar refractivity (Wildman–Crippen MR) is 128 cm³/mol. The number of amides is 1. The van der Waals surface area contributed by atoms with Crippen LogP contribution in [0.4, 0.5) is 0 Å². The van der Waals surface area contributed by atoms with Crippen molar-refractivity contribution >= 4 is 17.7 Å². The van der Waals surface area contributed by atoms with Crippen molar-refractivity contribution < 1.29 is 4.79 Å². The molecule has 0 N–H and O–H groups in total. The predicted octanol–water partition coefficient (Wildman–Crippen LogP) is 5.13. The maximum Gasteiger partial charge on any atom is 0.233 e. The van der Waals surface area contributed by atoms with Gasteiger partial charge in [-0.05, 0) is 49.3 Å². The minimum Gasteiger partial charge on any atom is -0.339 e.